The van der Waals surface area contributed by atoms with Crippen molar-refractivity contribution in [2.24, 2.45) is 10.2 Å². The lowest BCUT2D eigenvalue weighted by atomic mass is 10.2. The van der Waals surface area contributed by atoms with E-state index in [1.54, 1.807) is 24.3 Å². The SMILES string of the molecule is Oc1ccc(N=Nc2ccc(OCCn3c4ccccc4c4ccccc43)cc2)cc1. The quantitative estimate of drug-likeness (QED) is 0.308. The van der Waals surface area contributed by atoms with Gasteiger partial charge in [0.15, 0.2) is 0 Å². The summed E-state index contributed by atoms with van der Waals surface area (Å²) in [6.07, 6.45) is 0. The fraction of sp³-hybridized carbons (Fsp3) is 0.0769. The van der Waals surface area contributed by atoms with Crippen LogP contribution in [0.5, 0.6) is 11.5 Å². The molecule has 4 aromatic carbocycles. The number of hydrogen-bond donors (Lipinski definition) is 1. The molecule has 0 fully saturated rings. The van der Waals surface area contributed by atoms with E-state index < -0.39 is 0 Å². The van der Waals surface area contributed by atoms with Crippen LogP contribution in [0.25, 0.3) is 21.8 Å². The standard InChI is InChI=1S/C26H21N3O2/c30-21-13-9-19(10-14-21)27-28-20-11-15-22(16-12-20)31-18-17-29-25-7-3-1-5-23(25)24-6-2-4-8-26(24)29/h1-16,30H,17-18H2. The summed E-state index contributed by atoms with van der Waals surface area (Å²) in [5.74, 6) is 1.01. The Bertz CT molecular complexity index is 1300. The summed E-state index contributed by atoms with van der Waals surface area (Å²) in [6.45, 7) is 1.33. The Balaban J connectivity index is 1.26. The van der Waals surface area contributed by atoms with Gasteiger partial charge in [0.1, 0.15) is 18.1 Å². The molecule has 0 radical (unpaired) electrons. The minimum Gasteiger partial charge on any atom is -0.508 e. The summed E-state index contributed by atoms with van der Waals surface area (Å²) in [4.78, 5) is 0. The lowest BCUT2D eigenvalue weighted by Gasteiger charge is -2.10. The predicted molar refractivity (Wildman–Crippen MR) is 124 cm³/mol. The predicted octanol–water partition coefficient (Wildman–Crippen LogP) is 6.99. The molecule has 0 aliphatic carbocycles. The van der Waals surface area contributed by atoms with Crippen molar-refractivity contribution < 1.29 is 9.84 Å². The first-order valence-electron chi connectivity index (χ1n) is 10.2. The summed E-state index contributed by atoms with van der Waals surface area (Å²) in [5, 5.41) is 20.2. The molecular formula is C26H21N3O2. The van der Waals surface area contributed by atoms with E-state index in [2.05, 4.69) is 63.3 Å². The van der Waals surface area contributed by atoms with Gasteiger partial charge in [0.2, 0.25) is 0 Å². The molecule has 0 saturated heterocycles. The normalized spacial score (nSPS) is 11.5. The Kier molecular flexibility index (Phi) is 5.07. The van der Waals surface area contributed by atoms with Crippen LogP contribution in [0.1, 0.15) is 0 Å². The summed E-state index contributed by atoms with van der Waals surface area (Å²) in [7, 11) is 0. The van der Waals surface area contributed by atoms with Crippen molar-refractivity contribution in [3.8, 4) is 11.5 Å². The number of para-hydroxylation sites is 2. The lowest BCUT2D eigenvalue weighted by Crippen LogP contribution is -2.07. The van der Waals surface area contributed by atoms with Crippen LogP contribution in [0.2, 0.25) is 0 Å². The highest BCUT2D eigenvalue weighted by molar-refractivity contribution is 6.07. The fourth-order valence-electron chi connectivity index (χ4n) is 3.74. The third-order valence-corrected chi connectivity index (χ3v) is 5.23. The third kappa shape index (κ3) is 3.98. The van der Waals surface area contributed by atoms with E-state index in [-0.39, 0.29) is 5.75 Å². The van der Waals surface area contributed by atoms with E-state index in [1.807, 2.05) is 24.3 Å². The van der Waals surface area contributed by atoms with Crippen LogP contribution in [0.15, 0.2) is 107 Å². The van der Waals surface area contributed by atoms with Crippen LogP contribution < -0.4 is 4.74 Å². The zero-order valence-corrected chi connectivity index (χ0v) is 16.8. The molecular weight excluding hydrogens is 386 g/mol. The minimum absolute atomic E-state index is 0.210. The van der Waals surface area contributed by atoms with E-state index >= 15 is 0 Å². The number of phenols is 1. The Morgan fingerprint density at radius 2 is 1.16 bits per heavy atom. The molecule has 5 aromatic rings. The van der Waals surface area contributed by atoms with Gasteiger partial charge in [0, 0.05) is 21.8 Å². The molecule has 0 saturated carbocycles. The number of ether oxygens (including phenoxy) is 1. The van der Waals surface area contributed by atoms with Gasteiger partial charge in [-0.05, 0) is 60.7 Å². The van der Waals surface area contributed by atoms with Gasteiger partial charge in [0.05, 0.1) is 17.9 Å². The number of aromatic hydroxyl groups is 1. The second-order valence-electron chi connectivity index (χ2n) is 7.24. The average Bonchev–Trinajstić information content (AvgIpc) is 3.14. The smallest absolute Gasteiger partial charge is 0.119 e. The molecule has 0 aliphatic heterocycles. The number of nitrogens with zero attached hydrogens (tertiary/aromatic N) is 3. The highest BCUT2D eigenvalue weighted by Gasteiger charge is 2.09. The Morgan fingerprint density at radius 3 is 1.74 bits per heavy atom. The molecule has 0 amide bonds. The maximum Gasteiger partial charge on any atom is 0.119 e. The van der Waals surface area contributed by atoms with E-state index in [9.17, 15) is 5.11 Å². The van der Waals surface area contributed by atoms with Crippen LogP contribution in [-0.4, -0.2) is 16.3 Å². The van der Waals surface area contributed by atoms with Crippen LogP contribution in [0, 0.1) is 0 Å². The van der Waals surface area contributed by atoms with Crippen LogP contribution in [0.4, 0.5) is 11.4 Å². The van der Waals surface area contributed by atoms with Gasteiger partial charge < -0.3 is 14.4 Å². The average molecular weight is 407 g/mol. The first-order chi connectivity index (χ1) is 15.3. The van der Waals surface area contributed by atoms with Crippen molar-refractivity contribution >= 4 is 33.2 Å². The van der Waals surface area contributed by atoms with Crippen molar-refractivity contribution in [3.05, 3.63) is 97.1 Å². The second kappa shape index (κ2) is 8.32. The number of rotatable bonds is 6. The molecule has 5 heteroatoms. The van der Waals surface area contributed by atoms with Crippen molar-refractivity contribution in [1.29, 1.82) is 0 Å². The summed E-state index contributed by atoms with van der Waals surface area (Å²) >= 11 is 0. The van der Waals surface area contributed by atoms with E-state index in [1.165, 1.54) is 21.8 Å². The molecule has 1 aromatic heterocycles. The number of fused-ring (bicyclic) bond motifs is 3. The second-order valence-corrected chi connectivity index (χ2v) is 7.24. The molecule has 5 rings (SSSR count). The van der Waals surface area contributed by atoms with Crippen molar-refractivity contribution in [3.63, 3.8) is 0 Å². The van der Waals surface area contributed by atoms with Gasteiger partial charge in [-0.3, -0.25) is 0 Å². The number of hydrogen-bond acceptors (Lipinski definition) is 4. The third-order valence-electron chi connectivity index (χ3n) is 5.23. The van der Waals surface area contributed by atoms with Gasteiger partial charge in [-0.1, -0.05) is 36.4 Å². The van der Waals surface area contributed by atoms with Gasteiger partial charge in [-0.15, -0.1) is 0 Å². The molecule has 0 bridgehead atoms. The molecule has 31 heavy (non-hydrogen) atoms. The van der Waals surface area contributed by atoms with Crippen LogP contribution in [0.3, 0.4) is 0 Å². The fourth-order valence-corrected chi connectivity index (χ4v) is 3.74. The highest BCUT2D eigenvalue weighted by Crippen LogP contribution is 2.29. The molecule has 5 nitrogen and oxygen atoms in total. The van der Waals surface area contributed by atoms with Crippen molar-refractivity contribution in [2.45, 2.75) is 6.54 Å². The Hall–Kier alpha value is -4.12. The maximum absolute atomic E-state index is 9.32. The molecule has 0 atom stereocenters. The van der Waals surface area contributed by atoms with Gasteiger partial charge in [-0.25, -0.2) is 0 Å². The number of benzene rings is 4. The van der Waals surface area contributed by atoms with E-state index in [0.717, 1.165) is 18.0 Å². The van der Waals surface area contributed by atoms with Crippen LogP contribution >= 0.6 is 0 Å². The minimum atomic E-state index is 0.210. The zero-order valence-electron chi connectivity index (χ0n) is 16.8. The molecule has 1 N–H and O–H groups in total. The first kappa shape index (κ1) is 18.9. The van der Waals surface area contributed by atoms with E-state index in [0.29, 0.717) is 12.3 Å². The topological polar surface area (TPSA) is 59.1 Å². The van der Waals surface area contributed by atoms with Crippen molar-refractivity contribution in [1.82, 2.24) is 4.57 Å². The Labute approximate surface area is 179 Å². The number of phenolic OH excluding ortho intramolecular Hbond substituents is 1. The lowest BCUT2D eigenvalue weighted by molar-refractivity contribution is 0.302. The van der Waals surface area contributed by atoms with Gasteiger partial charge >= 0.3 is 0 Å². The molecule has 0 aliphatic rings. The highest BCUT2D eigenvalue weighted by atomic mass is 16.5. The molecule has 152 valence electrons. The Morgan fingerprint density at radius 1 is 0.645 bits per heavy atom. The molecule has 0 unspecified atom stereocenters. The van der Waals surface area contributed by atoms with Gasteiger partial charge in [0.25, 0.3) is 0 Å². The number of aromatic nitrogens is 1. The zero-order chi connectivity index (χ0) is 21.0. The summed E-state index contributed by atoms with van der Waals surface area (Å²) in [5.41, 5.74) is 3.86. The summed E-state index contributed by atoms with van der Waals surface area (Å²) in [6, 6.07) is 31.1. The first-order valence-corrected chi connectivity index (χ1v) is 10.2. The number of azo groups is 1. The van der Waals surface area contributed by atoms with E-state index in [4.69, 9.17) is 4.74 Å². The molecule has 0 spiro atoms. The monoisotopic (exact) mass is 407 g/mol. The van der Waals surface area contributed by atoms with Gasteiger partial charge in [-0.2, -0.15) is 10.2 Å². The largest absolute Gasteiger partial charge is 0.508 e. The van der Waals surface area contributed by atoms with Crippen molar-refractivity contribution in [2.75, 3.05) is 6.61 Å². The summed E-state index contributed by atoms with van der Waals surface area (Å²) < 4.78 is 8.30. The molecule has 1 heterocycles. The maximum atomic E-state index is 9.32. The van der Waals surface area contributed by atoms with Crippen LogP contribution in [-0.2, 0) is 6.54 Å².